The number of pyridine rings is 1. The van der Waals surface area contributed by atoms with Crippen LogP contribution in [0.5, 0.6) is 0 Å². The Bertz CT molecular complexity index is 903. The van der Waals surface area contributed by atoms with Crippen LogP contribution in [0.4, 0.5) is 5.95 Å². The van der Waals surface area contributed by atoms with Crippen LogP contribution < -0.4 is 5.32 Å². The SMILES string of the molecule is Cc1noc(C)c1CCCNc1nccc(-c2cc(C(=O)O)ccn2)n1. The molecule has 3 heterocycles. The number of nitrogens with zero attached hydrogens (tertiary/aromatic N) is 4. The third-order valence-corrected chi connectivity index (χ3v) is 3.99. The number of hydrogen-bond donors (Lipinski definition) is 2. The predicted molar refractivity (Wildman–Crippen MR) is 95.0 cm³/mol. The summed E-state index contributed by atoms with van der Waals surface area (Å²) in [4.78, 5) is 23.9. The van der Waals surface area contributed by atoms with E-state index in [1.54, 1.807) is 12.3 Å². The number of aromatic carboxylic acids is 1. The molecule has 0 amide bonds. The van der Waals surface area contributed by atoms with Gasteiger partial charge in [0.2, 0.25) is 5.95 Å². The topological polar surface area (TPSA) is 114 Å². The summed E-state index contributed by atoms with van der Waals surface area (Å²) in [5, 5.41) is 16.2. The molecule has 0 atom stereocenters. The normalized spacial score (nSPS) is 10.7. The van der Waals surface area contributed by atoms with Gasteiger partial charge in [0, 0.05) is 24.5 Å². The third-order valence-electron chi connectivity index (χ3n) is 3.99. The minimum atomic E-state index is -1.000. The zero-order valence-corrected chi connectivity index (χ0v) is 14.6. The number of rotatable bonds is 7. The number of aromatic nitrogens is 4. The minimum Gasteiger partial charge on any atom is -0.478 e. The molecule has 3 aromatic rings. The van der Waals surface area contributed by atoms with Crippen LogP contribution in [0.15, 0.2) is 35.1 Å². The van der Waals surface area contributed by atoms with Gasteiger partial charge in [-0.2, -0.15) is 0 Å². The first kappa shape index (κ1) is 17.5. The van der Waals surface area contributed by atoms with Gasteiger partial charge in [0.05, 0.1) is 22.6 Å². The van der Waals surface area contributed by atoms with Crippen LogP contribution >= 0.6 is 0 Å². The molecule has 0 aromatic carbocycles. The third kappa shape index (κ3) is 4.02. The van der Waals surface area contributed by atoms with Crippen LogP contribution in [0.1, 0.15) is 33.8 Å². The molecule has 3 aromatic heterocycles. The van der Waals surface area contributed by atoms with Gasteiger partial charge >= 0.3 is 5.97 Å². The molecular formula is C18H19N5O3. The van der Waals surface area contributed by atoms with E-state index in [9.17, 15) is 4.79 Å². The van der Waals surface area contributed by atoms with Gasteiger partial charge in [-0.05, 0) is 44.9 Å². The highest BCUT2D eigenvalue weighted by atomic mass is 16.5. The fourth-order valence-electron chi connectivity index (χ4n) is 2.61. The number of carboxylic acid groups (broad SMARTS) is 1. The van der Waals surface area contributed by atoms with E-state index < -0.39 is 5.97 Å². The molecule has 0 unspecified atom stereocenters. The number of carbonyl (C=O) groups is 1. The van der Waals surface area contributed by atoms with Crippen LogP contribution in [0.2, 0.25) is 0 Å². The molecule has 26 heavy (non-hydrogen) atoms. The lowest BCUT2D eigenvalue weighted by molar-refractivity contribution is 0.0697. The van der Waals surface area contributed by atoms with Crippen molar-refractivity contribution in [1.29, 1.82) is 0 Å². The first-order valence-corrected chi connectivity index (χ1v) is 8.23. The Morgan fingerprint density at radius 1 is 1.19 bits per heavy atom. The quantitative estimate of drug-likeness (QED) is 0.623. The van der Waals surface area contributed by atoms with Gasteiger partial charge in [0.25, 0.3) is 0 Å². The van der Waals surface area contributed by atoms with E-state index >= 15 is 0 Å². The Balaban J connectivity index is 1.63. The molecule has 8 nitrogen and oxygen atoms in total. The maximum absolute atomic E-state index is 11.1. The second-order valence-corrected chi connectivity index (χ2v) is 5.83. The molecule has 0 fully saturated rings. The molecule has 0 bridgehead atoms. The van der Waals surface area contributed by atoms with Crippen molar-refractivity contribution in [3.63, 3.8) is 0 Å². The summed E-state index contributed by atoms with van der Waals surface area (Å²) in [5.41, 5.74) is 3.28. The molecule has 0 aliphatic carbocycles. The summed E-state index contributed by atoms with van der Waals surface area (Å²) in [6.07, 6.45) is 4.81. The summed E-state index contributed by atoms with van der Waals surface area (Å²) in [6.45, 7) is 4.54. The standard InChI is InChI=1S/C18H19N5O3/c1-11-14(12(2)26-23-11)4-3-7-20-18-21-9-6-15(22-18)16-10-13(17(24)25)5-8-19-16/h5-6,8-10H,3-4,7H2,1-2H3,(H,24,25)(H,20,21,22). The van der Waals surface area contributed by atoms with Crippen molar-refractivity contribution in [2.45, 2.75) is 26.7 Å². The van der Waals surface area contributed by atoms with Crippen molar-refractivity contribution in [3.8, 4) is 11.4 Å². The van der Waals surface area contributed by atoms with Crippen molar-refractivity contribution in [2.75, 3.05) is 11.9 Å². The van der Waals surface area contributed by atoms with Crippen molar-refractivity contribution < 1.29 is 14.4 Å². The van der Waals surface area contributed by atoms with E-state index in [0.29, 0.717) is 23.9 Å². The van der Waals surface area contributed by atoms with E-state index in [-0.39, 0.29) is 5.56 Å². The Kier molecular flexibility index (Phi) is 5.21. The largest absolute Gasteiger partial charge is 0.478 e. The summed E-state index contributed by atoms with van der Waals surface area (Å²) < 4.78 is 5.16. The van der Waals surface area contributed by atoms with Crippen LogP contribution in [0.25, 0.3) is 11.4 Å². The lowest BCUT2D eigenvalue weighted by atomic mass is 10.1. The maximum atomic E-state index is 11.1. The number of anilines is 1. The second-order valence-electron chi connectivity index (χ2n) is 5.83. The molecule has 0 spiro atoms. The van der Waals surface area contributed by atoms with Crippen molar-refractivity contribution in [2.24, 2.45) is 0 Å². The molecule has 2 N–H and O–H groups in total. The number of hydrogen-bond acceptors (Lipinski definition) is 7. The van der Waals surface area contributed by atoms with Crippen LogP contribution in [-0.2, 0) is 6.42 Å². The fourth-order valence-corrected chi connectivity index (χ4v) is 2.61. The first-order chi connectivity index (χ1) is 12.5. The Morgan fingerprint density at radius 2 is 2.00 bits per heavy atom. The van der Waals surface area contributed by atoms with E-state index in [2.05, 4.69) is 25.4 Å². The van der Waals surface area contributed by atoms with Gasteiger partial charge in [0.15, 0.2) is 0 Å². The zero-order valence-electron chi connectivity index (χ0n) is 14.6. The average Bonchev–Trinajstić information content (AvgIpc) is 2.97. The highest BCUT2D eigenvalue weighted by Crippen LogP contribution is 2.17. The molecule has 0 saturated carbocycles. The summed E-state index contributed by atoms with van der Waals surface area (Å²) in [6, 6.07) is 4.63. The highest BCUT2D eigenvalue weighted by Gasteiger charge is 2.10. The second kappa shape index (κ2) is 7.73. The van der Waals surface area contributed by atoms with Crippen LogP contribution in [0, 0.1) is 13.8 Å². The predicted octanol–water partition coefficient (Wildman–Crippen LogP) is 2.89. The Morgan fingerprint density at radius 3 is 2.73 bits per heavy atom. The van der Waals surface area contributed by atoms with E-state index in [1.165, 1.54) is 18.3 Å². The van der Waals surface area contributed by atoms with Gasteiger partial charge in [0.1, 0.15) is 5.76 Å². The van der Waals surface area contributed by atoms with Gasteiger partial charge in [-0.25, -0.2) is 14.8 Å². The average molecular weight is 353 g/mol. The monoisotopic (exact) mass is 353 g/mol. The van der Waals surface area contributed by atoms with Gasteiger partial charge in [-0.1, -0.05) is 5.16 Å². The molecule has 3 rings (SSSR count). The van der Waals surface area contributed by atoms with Gasteiger partial charge in [-0.3, -0.25) is 4.98 Å². The van der Waals surface area contributed by atoms with Crippen LogP contribution in [-0.4, -0.2) is 37.7 Å². The van der Waals surface area contributed by atoms with E-state index in [1.807, 2.05) is 13.8 Å². The van der Waals surface area contributed by atoms with Crippen molar-refractivity contribution >= 4 is 11.9 Å². The lowest BCUT2D eigenvalue weighted by Gasteiger charge is -2.07. The summed E-state index contributed by atoms with van der Waals surface area (Å²) in [5.74, 6) is 0.328. The highest BCUT2D eigenvalue weighted by molar-refractivity contribution is 5.88. The Labute approximate surface area is 150 Å². The summed E-state index contributed by atoms with van der Waals surface area (Å²) >= 11 is 0. The maximum Gasteiger partial charge on any atom is 0.335 e. The molecule has 0 saturated heterocycles. The van der Waals surface area contributed by atoms with Crippen molar-refractivity contribution in [1.82, 2.24) is 20.1 Å². The smallest absolute Gasteiger partial charge is 0.335 e. The number of nitrogens with one attached hydrogen (secondary N) is 1. The molecule has 0 radical (unpaired) electrons. The lowest BCUT2D eigenvalue weighted by Crippen LogP contribution is -2.07. The molecule has 134 valence electrons. The van der Waals surface area contributed by atoms with Crippen molar-refractivity contribution in [3.05, 3.63) is 53.2 Å². The minimum absolute atomic E-state index is 0.169. The molecule has 8 heteroatoms. The van der Waals surface area contributed by atoms with Crippen LogP contribution in [0.3, 0.4) is 0 Å². The zero-order chi connectivity index (χ0) is 18.5. The first-order valence-electron chi connectivity index (χ1n) is 8.23. The molecule has 0 aliphatic heterocycles. The number of carboxylic acids is 1. The van der Waals surface area contributed by atoms with Gasteiger partial charge < -0.3 is 14.9 Å². The summed E-state index contributed by atoms with van der Waals surface area (Å²) in [7, 11) is 0. The van der Waals surface area contributed by atoms with E-state index in [4.69, 9.17) is 9.63 Å². The Hall–Kier alpha value is -3.29. The fraction of sp³-hybridized carbons (Fsp3) is 0.278. The van der Waals surface area contributed by atoms with E-state index in [0.717, 1.165) is 29.9 Å². The van der Waals surface area contributed by atoms with Gasteiger partial charge in [-0.15, -0.1) is 0 Å². The molecule has 0 aliphatic rings. The number of aryl methyl sites for hydroxylation is 2. The molecular weight excluding hydrogens is 334 g/mol.